The SMILES string of the molecule is C/C=C\c1cccc(CC(C)C)c1. The summed E-state index contributed by atoms with van der Waals surface area (Å²) in [6.07, 6.45) is 5.39. The average molecular weight is 174 g/mol. The highest BCUT2D eigenvalue weighted by Crippen LogP contribution is 2.11. The normalized spacial score (nSPS) is 11.4. The lowest BCUT2D eigenvalue weighted by Gasteiger charge is -2.05. The van der Waals surface area contributed by atoms with Crippen LogP contribution in [0.15, 0.2) is 30.3 Å². The summed E-state index contributed by atoms with van der Waals surface area (Å²) in [7, 11) is 0. The standard InChI is InChI=1S/C13H18/c1-4-6-12-7-5-8-13(10-12)9-11(2)3/h4-8,10-11H,9H2,1-3H3/b6-4-. The third-order valence-corrected chi connectivity index (χ3v) is 1.95. The quantitative estimate of drug-likeness (QED) is 0.651. The highest BCUT2D eigenvalue weighted by Gasteiger charge is 1.97. The largest absolute Gasteiger partial charge is 0.0871 e. The number of hydrogen-bond acceptors (Lipinski definition) is 0. The molecule has 1 rings (SSSR count). The summed E-state index contributed by atoms with van der Waals surface area (Å²) in [5.41, 5.74) is 2.74. The molecular formula is C13H18. The molecule has 0 fully saturated rings. The van der Waals surface area contributed by atoms with Crippen molar-refractivity contribution in [2.24, 2.45) is 5.92 Å². The van der Waals surface area contributed by atoms with Gasteiger partial charge in [-0.15, -0.1) is 0 Å². The van der Waals surface area contributed by atoms with Crippen LogP contribution in [0.4, 0.5) is 0 Å². The molecule has 0 heteroatoms. The summed E-state index contributed by atoms with van der Waals surface area (Å²) in [5.74, 6) is 0.737. The van der Waals surface area contributed by atoms with Crippen LogP contribution in [0, 0.1) is 5.92 Å². The van der Waals surface area contributed by atoms with E-state index >= 15 is 0 Å². The third-order valence-electron chi connectivity index (χ3n) is 1.95. The molecule has 1 aromatic rings. The van der Waals surface area contributed by atoms with E-state index in [1.165, 1.54) is 17.5 Å². The number of rotatable bonds is 3. The van der Waals surface area contributed by atoms with Crippen LogP contribution in [0.2, 0.25) is 0 Å². The molecule has 13 heavy (non-hydrogen) atoms. The number of hydrogen-bond donors (Lipinski definition) is 0. The van der Waals surface area contributed by atoms with Crippen molar-refractivity contribution in [1.29, 1.82) is 0 Å². The first kappa shape index (κ1) is 10.0. The van der Waals surface area contributed by atoms with Crippen molar-refractivity contribution >= 4 is 6.08 Å². The molecular weight excluding hydrogens is 156 g/mol. The van der Waals surface area contributed by atoms with Crippen LogP contribution in [0.3, 0.4) is 0 Å². The van der Waals surface area contributed by atoms with E-state index in [9.17, 15) is 0 Å². The summed E-state index contributed by atoms with van der Waals surface area (Å²) in [5, 5.41) is 0. The fourth-order valence-corrected chi connectivity index (χ4v) is 1.49. The molecule has 0 heterocycles. The van der Waals surface area contributed by atoms with Crippen LogP contribution in [-0.4, -0.2) is 0 Å². The van der Waals surface area contributed by atoms with Crippen LogP contribution in [0.5, 0.6) is 0 Å². The first-order valence-corrected chi connectivity index (χ1v) is 4.94. The zero-order valence-electron chi connectivity index (χ0n) is 8.75. The summed E-state index contributed by atoms with van der Waals surface area (Å²) >= 11 is 0. The lowest BCUT2D eigenvalue weighted by molar-refractivity contribution is 0.647. The van der Waals surface area contributed by atoms with E-state index in [0.29, 0.717) is 0 Å². The Morgan fingerprint density at radius 1 is 1.31 bits per heavy atom. The Balaban J connectivity index is 2.79. The minimum Gasteiger partial charge on any atom is -0.0871 e. The van der Waals surface area contributed by atoms with Gasteiger partial charge in [0, 0.05) is 0 Å². The van der Waals surface area contributed by atoms with E-state index in [4.69, 9.17) is 0 Å². The minimum atomic E-state index is 0.737. The van der Waals surface area contributed by atoms with Crippen molar-refractivity contribution in [2.75, 3.05) is 0 Å². The molecule has 0 bridgehead atoms. The second kappa shape index (κ2) is 4.86. The fourth-order valence-electron chi connectivity index (χ4n) is 1.49. The summed E-state index contributed by atoms with van der Waals surface area (Å²) in [4.78, 5) is 0. The minimum absolute atomic E-state index is 0.737. The average Bonchev–Trinajstić information content (AvgIpc) is 2.04. The predicted octanol–water partition coefficient (Wildman–Crippen LogP) is 3.92. The second-order valence-electron chi connectivity index (χ2n) is 3.84. The maximum Gasteiger partial charge on any atom is -0.0255 e. The Bertz CT molecular complexity index is 282. The lowest BCUT2D eigenvalue weighted by atomic mass is 10.0. The van der Waals surface area contributed by atoms with Gasteiger partial charge in [-0.2, -0.15) is 0 Å². The molecule has 0 nitrogen and oxygen atoms in total. The maximum atomic E-state index is 2.26. The van der Waals surface area contributed by atoms with E-state index < -0.39 is 0 Å². The molecule has 0 aliphatic carbocycles. The van der Waals surface area contributed by atoms with E-state index in [1.54, 1.807) is 0 Å². The predicted molar refractivity (Wildman–Crippen MR) is 59.7 cm³/mol. The van der Waals surface area contributed by atoms with Crippen molar-refractivity contribution < 1.29 is 0 Å². The van der Waals surface area contributed by atoms with Gasteiger partial charge in [0.25, 0.3) is 0 Å². The van der Waals surface area contributed by atoms with Crippen molar-refractivity contribution in [1.82, 2.24) is 0 Å². The van der Waals surface area contributed by atoms with Gasteiger partial charge in [0.1, 0.15) is 0 Å². The zero-order valence-corrected chi connectivity index (χ0v) is 8.75. The molecule has 0 amide bonds. The Labute approximate surface area is 81.3 Å². The molecule has 0 radical (unpaired) electrons. The Morgan fingerprint density at radius 2 is 2.08 bits per heavy atom. The molecule has 0 unspecified atom stereocenters. The molecule has 0 saturated heterocycles. The Kier molecular flexibility index (Phi) is 3.75. The molecule has 0 aliphatic heterocycles. The van der Waals surface area contributed by atoms with Crippen molar-refractivity contribution in [2.45, 2.75) is 27.2 Å². The number of allylic oxidation sites excluding steroid dienone is 1. The second-order valence-corrected chi connectivity index (χ2v) is 3.84. The van der Waals surface area contributed by atoms with Crippen LogP contribution in [0.25, 0.3) is 6.08 Å². The summed E-state index contributed by atoms with van der Waals surface area (Å²) < 4.78 is 0. The van der Waals surface area contributed by atoms with Gasteiger partial charge >= 0.3 is 0 Å². The molecule has 0 atom stereocenters. The van der Waals surface area contributed by atoms with E-state index in [2.05, 4.69) is 57.2 Å². The van der Waals surface area contributed by atoms with Gasteiger partial charge in [-0.3, -0.25) is 0 Å². The molecule has 0 saturated carbocycles. The smallest absolute Gasteiger partial charge is 0.0255 e. The summed E-state index contributed by atoms with van der Waals surface area (Å²) in [6.45, 7) is 6.56. The highest BCUT2D eigenvalue weighted by atomic mass is 14.0. The van der Waals surface area contributed by atoms with Gasteiger partial charge < -0.3 is 0 Å². The molecule has 0 aliphatic rings. The van der Waals surface area contributed by atoms with Gasteiger partial charge in [0.05, 0.1) is 0 Å². The van der Waals surface area contributed by atoms with Crippen molar-refractivity contribution in [3.63, 3.8) is 0 Å². The topological polar surface area (TPSA) is 0 Å². The molecule has 0 spiro atoms. The lowest BCUT2D eigenvalue weighted by Crippen LogP contribution is -1.93. The first-order valence-electron chi connectivity index (χ1n) is 4.94. The molecule has 0 aromatic heterocycles. The van der Waals surface area contributed by atoms with Gasteiger partial charge in [-0.1, -0.05) is 50.3 Å². The Morgan fingerprint density at radius 3 is 2.69 bits per heavy atom. The number of benzene rings is 1. The first-order chi connectivity index (χ1) is 6.22. The third kappa shape index (κ3) is 3.45. The van der Waals surface area contributed by atoms with Gasteiger partial charge in [-0.25, -0.2) is 0 Å². The highest BCUT2D eigenvalue weighted by molar-refractivity contribution is 5.49. The van der Waals surface area contributed by atoms with E-state index in [0.717, 1.165) is 5.92 Å². The van der Waals surface area contributed by atoms with Gasteiger partial charge in [-0.05, 0) is 30.4 Å². The maximum absolute atomic E-state index is 2.26. The van der Waals surface area contributed by atoms with Gasteiger partial charge in [0.2, 0.25) is 0 Å². The van der Waals surface area contributed by atoms with Gasteiger partial charge in [0.15, 0.2) is 0 Å². The van der Waals surface area contributed by atoms with Crippen LogP contribution >= 0.6 is 0 Å². The zero-order chi connectivity index (χ0) is 9.68. The van der Waals surface area contributed by atoms with E-state index in [-0.39, 0.29) is 0 Å². The molecule has 0 N–H and O–H groups in total. The fraction of sp³-hybridized carbons (Fsp3) is 0.385. The van der Waals surface area contributed by atoms with E-state index in [1.807, 2.05) is 0 Å². The van der Waals surface area contributed by atoms with Crippen molar-refractivity contribution in [3.05, 3.63) is 41.5 Å². The molecule has 70 valence electrons. The monoisotopic (exact) mass is 174 g/mol. The molecule has 1 aromatic carbocycles. The van der Waals surface area contributed by atoms with Crippen LogP contribution in [0.1, 0.15) is 31.9 Å². The Hall–Kier alpha value is -1.04. The van der Waals surface area contributed by atoms with Crippen molar-refractivity contribution in [3.8, 4) is 0 Å². The van der Waals surface area contributed by atoms with Crippen LogP contribution in [-0.2, 0) is 6.42 Å². The summed E-state index contributed by atoms with van der Waals surface area (Å²) in [6, 6.07) is 8.74. The van der Waals surface area contributed by atoms with Crippen LogP contribution < -0.4 is 0 Å².